The standard InChI is InChI=1S/C17H18N2O4.H2/c1-9(2)10-5-3-6-11-14(10)17(23)19(16(11)22)12-7-4-8-13(20)18-15(12)21;/h3,5-6,9,12H,4,7-8H2,1-2H3,(H,18,20,21);1H. The van der Waals surface area contributed by atoms with Crippen molar-refractivity contribution in [1.29, 1.82) is 0 Å². The molecule has 0 saturated carbocycles. The number of fused-ring (bicyclic) bond motifs is 1. The Hall–Kier alpha value is -2.50. The first-order chi connectivity index (χ1) is 10.9. The van der Waals surface area contributed by atoms with Gasteiger partial charge in [0.15, 0.2) is 0 Å². The van der Waals surface area contributed by atoms with E-state index in [4.69, 9.17) is 0 Å². The van der Waals surface area contributed by atoms with Crippen LogP contribution in [0.1, 0.15) is 66.7 Å². The third-order valence-corrected chi connectivity index (χ3v) is 4.36. The van der Waals surface area contributed by atoms with E-state index in [2.05, 4.69) is 5.32 Å². The Kier molecular flexibility index (Phi) is 3.75. The summed E-state index contributed by atoms with van der Waals surface area (Å²) in [5, 5.41) is 2.25. The number of amides is 4. The van der Waals surface area contributed by atoms with Gasteiger partial charge in [-0.2, -0.15) is 0 Å². The number of benzene rings is 1. The second-order valence-corrected chi connectivity index (χ2v) is 6.23. The predicted octanol–water partition coefficient (Wildman–Crippen LogP) is 1.85. The maximum Gasteiger partial charge on any atom is 0.262 e. The summed E-state index contributed by atoms with van der Waals surface area (Å²) in [5.41, 5.74) is 1.52. The summed E-state index contributed by atoms with van der Waals surface area (Å²) in [7, 11) is 0. The fourth-order valence-corrected chi connectivity index (χ4v) is 3.21. The van der Waals surface area contributed by atoms with Crippen LogP contribution in [0.25, 0.3) is 0 Å². The van der Waals surface area contributed by atoms with Gasteiger partial charge in [-0.3, -0.25) is 29.4 Å². The van der Waals surface area contributed by atoms with Crippen molar-refractivity contribution in [3.63, 3.8) is 0 Å². The molecule has 1 fully saturated rings. The van der Waals surface area contributed by atoms with Crippen molar-refractivity contribution < 1.29 is 20.6 Å². The average molecular weight is 316 g/mol. The Bertz CT molecular complexity index is 729. The minimum atomic E-state index is -0.922. The van der Waals surface area contributed by atoms with Crippen molar-refractivity contribution in [2.24, 2.45) is 0 Å². The summed E-state index contributed by atoms with van der Waals surface area (Å²) in [6.45, 7) is 3.90. The first-order valence-electron chi connectivity index (χ1n) is 7.76. The number of nitrogens with zero attached hydrogens (tertiary/aromatic N) is 1. The zero-order valence-electron chi connectivity index (χ0n) is 13.1. The van der Waals surface area contributed by atoms with Crippen molar-refractivity contribution in [3.05, 3.63) is 34.9 Å². The highest BCUT2D eigenvalue weighted by molar-refractivity contribution is 6.23. The van der Waals surface area contributed by atoms with Crippen LogP contribution in [0.3, 0.4) is 0 Å². The molecule has 0 radical (unpaired) electrons. The van der Waals surface area contributed by atoms with Crippen molar-refractivity contribution in [1.82, 2.24) is 10.2 Å². The second-order valence-electron chi connectivity index (χ2n) is 6.23. The summed E-state index contributed by atoms with van der Waals surface area (Å²) in [4.78, 5) is 50.1. The Balaban J connectivity index is 0.00000208. The molecule has 0 aromatic heterocycles. The molecule has 1 aromatic rings. The molecule has 23 heavy (non-hydrogen) atoms. The molecule has 1 N–H and O–H groups in total. The van der Waals surface area contributed by atoms with E-state index < -0.39 is 23.8 Å². The van der Waals surface area contributed by atoms with Gasteiger partial charge in [0.25, 0.3) is 11.8 Å². The van der Waals surface area contributed by atoms with Gasteiger partial charge in [-0.15, -0.1) is 0 Å². The van der Waals surface area contributed by atoms with Gasteiger partial charge in [0.2, 0.25) is 11.8 Å². The first kappa shape index (κ1) is 15.4. The zero-order chi connectivity index (χ0) is 16.7. The van der Waals surface area contributed by atoms with Crippen LogP contribution >= 0.6 is 0 Å². The third kappa shape index (κ3) is 2.44. The monoisotopic (exact) mass is 316 g/mol. The molecule has 3 rings (SSSR count). The lowest BCUT2D eigenvalue weighted by Crippen LogP contribution is -2.49. The summed E-state index contributed by atoms with van der Waals surface area (Å²) in [6, 6.07) is 4.27. The normalized spacial score (nSPS) is 21.5. The van der Waals surface area contributed by atoms with Crippen LogP contribution in [-0.4, -0.2) is 34.6 Å². The highest BCUT2D eigenvalue weighted by Crippen LogP contribution is 2.32. The van der Waals surface area contributed by atoms with Crippen molar-refractivity contribution >= 4 is 23.6 Å². The summed E-state index contributed by atoms with van der Waals surface area (Å²) < 4.78 is 0. The Morgan fingerprint density at radius 3 is 2.61 bits per heavy atom. The largest absolute Gasteiger partial charge is 0.295 e. The minimum Gasteiger partial charge on any atom is -0.295 e. The summed E-state index contributed by atoms with van der Waals surface area (Å²) in [5.74, 6) is -1.75. The second kappa shape index (κ2) is 5.61. The van der Waals surface area contributed by atoms with Gasteiger partial charge < -0.3 is 0 Å². The lowest BCUT2D eigenvalue weighted by Gasteiger charge is -2.23. The van der Waals surface area contributed by atoms with Gasteiger partial charge in [0.05, 0.1) is 11.1 Å². The minimum absolute atomic E-state index is 0. The molecule has 1 atom stereocenters. The molecule has 1 aromatic carbocycles. The van der Waals surface area contributed by atoms with E-state index in [-0.39, 0.29) is 19.7 Å². The Labute approximate surface area is 135 Å². The lowest BCUT2D eigenvalue weighted by atomic mass is 9.94. The van der Waals surface area contributed by atoms with Crippen LogP contribution in [0.4, 0.5) is 0 Å². The number of imide groups is 2. The van der Waals surface area contributed by atoms with E-state index in [1.807, 2.05) is 19.9 Å². The first-order valence-corrected chi connectivity index (χ1v) is 7.76. The van der Waals surface area contributed by atoms with Crippen LogP contribution in [0.5, 0.6) is 0 Å². The fourth-order valence-electron chi connectivity index (χ4n) is 3.21. The molecule has 122 valence electrons. The number of hydrogen-bond donors (Lipinski definition) is 1. The highest BCUT2D eigenvalue weighted by atomic mass is 16.2. The Morgan fingerprint density at radius 1 is 1.17 bits per heavy atom. The molecule has 0 spiro atoms. The smallest absolute Gasteiger partial charge is 0.262 e. The van der Waals surface area contributed by atoms with Crippen molar-refractivity contribution in [2.75, 3.05) is 0 Å². The van der Waals surface area contributed by atoms with E-state index in [1.165, 1.54) is 0 Å². The molecule has 0 aliphatic carbocycles. The molecule has 6 nitrogen and oxygen atoms in total. The lowest BCUT2D eigenvalue weighted by molar-refractivity contribution is -0.131. The maximum absolute atomic E-state index is 12.8. The number of hydrogen-bond acceptors (Lipinski definition) is 4. The fraction of sp³-hybridized carbons (Fsp3) is 0.412. The van der Waals surface area contributed by atoms with E-state index >= 15 is 0 Å². The van der Waals surface area contributed by atoms with E-state index in [9.17, 15) is 19.2 Å². The average Bonchev–Trinajstić information content (AvgIpc) is 2.64. The van der Waals surface area contributed by atoms with E-state index in [0.717, 1.165) is 10.5 Å². The number of carbonyl (C=O) groups excluding carboxylic acids is 4. The molecule has 2 aliphatic rings. The van der Waals surface area contributed by atoms with Crippen LogP contribution < -0.4 is 5.32 Å². The number of carbonyl (C=O) groups is 4. The van der Waals surface area contributed by atoms with Gasteiger partial charge in [0.1, 0.15) is 6.04 Å². The predicted molar refractivity (Wildman–Crippen MR) is 83.9 cm³/mol. The molecule has 1 unspecified atom stereocenters. The molecular formula is C17H20N2O4. The molecule has 2 heterocycles. The highest BCUT2D eigenvalue weighted by Gasteiger charge is 2.44. The molecule has 6 heteroatoms. The summed E-state index contributed by atoms with van der Waals surface area (Å²) >= 11 is 0. The maximum atomic E-state index is 12.8. The van der Waals surface area contributed by atoms with Crippen molar-refractivity contribution in [2.45, 2.75) is 45.1 Å². The quantitative estimate of drug-likeness (QED) is 0.844. The van der Waals surface area contributed by atoms with Gasteiger partial charge in [-0.25, -0.2) is 0 Å². The third-order valence-electron chi connectivity index (χ3n) is 4.36. The van der Waals surface area contributed by atoms with Gasteiger partial charge >= 0.3 is 0 Å². The van der Waals surface area contributed by atoms with Gasteiger partial charge in [-0.1, -0.05) is 26.0 Å². The number of nitrogens with one attached hydrogen (secondary N) is 1. The van der Waals surface area contributed by atoms with Crippen LogP contribution in [0, 0.1) is 0 Å². The molecule has 4 amide bonds. The molecule has 0 bridgehead atoms. The van der Waals surface area contributed by atoms with Crippen molar-refractivity contribution in [3.8, 4) is 0 Å². The van der Waals surface area contributed by atoms with Crippen LogP contribution in [0.2, 0.25) is 0 Å². The topological polar surface area (TPSA) is 83.6 Å². The molecular weight excluding hydrogens is 296 g/mol. The van der Waals surface area contributed by atoms with E-state index in [0.29, 0.717) is 24.0 Å². The van der Waals surface area contributed by atoms with E-state index in [1.54, 1.807) is 12.1 Å². The zero-order valence-corrected chi connectivity index (χ0v) is 13.1. The molecule has 2 aliphatic heterocycles. The summed E-state index contributed by atoms with van der Waals surface area (Å²) in [6.07, 6.45) is 0.995. The van der Waals surface area contributed by atoms with Gasteiger partial charge in [0, 0.05) is 7.85 Å². The van der Waals surface area contributed by atoms with Crippen LogP contribution in [0.15, 0.2) is 18.2 Å². The molecule has 1 saturated heterocycles. The van der Waals surface area contributed by atoms with Gasteiger partial charge in [-0.05, 0) is 30.4 Å². The Morgan fingerprint density at radius 2 is 1.91 bits per heavy atom. The SMILES string of the molecule is CC(C)c1cccc2c1C(=O)N(C1CCCC(=O)NC1=O)C2=O.[HH]. The number of rotatable bonds is 2. The van der Waals surface area contributed by atoms with Crippen LogP contribution in [-0.2, 0) is 9.59 Å².